The second-order valence-corrected chi connectivity index (χ2v) is 8.03. The molecule has 0 radical (unpaired) electrons. The molecular weight excluding hydrogens is 384 g/mol. The molecule has 3 amide bonds. The van der Waals surface area contributed by atoms with Gasteiger partial charge in [0.15, 0.2) is 6.10 Å². The number of esters is 1. The SMILES string of the molecule is CC1CCC2(CC1)NC(=O)N(CC(=O)OC(C)C(=O)c1ccc(Cl)cc1)C2=O. The molecule has 3 rings (SSSR count). The molecule has 2 fully saturated rings. The maximum Gasteiger partial charge on any atom is 0.326 e. The summed E-state index contributed by atoms with van der Waals surface area (Å²) in [4.78, 5) is 50.5. The average Bonchev–Trinajstić information content (AvgIpc) is 2.88. The second kappa shape index (κ2) is 7.91. The Hall–Kier alpha value is -2.41. The van der Waals surface area contributed by atoms with Gasteiger partial charge in [-0.05, 0) is 62.8 Å². The number of ether oxygens (including phenoxy) is 1. The van der Waals surface area contributed by atoms with Crippen LogP contribution in [-0.4, -0.2) is 46.8 Å². The quantitative estimate of drug-likeness (QED) is 0.461. The summed E-state index contributed by atoms with van der Waals surface area (Å²) >= 11 is 5.80. The van der Waals surface area contributed by atoms with Crippen LogP contribution in [0.15, 0.2) is 24.3 Å². The fourth-order valence-corrected chi connectivity index (χ4v) is 3.81. The van der Waals surface area contributed by atoms with Gasteiger partial charge < -0.3 is 10.1 Å². The molecule has 1 saturated carbocycles. The van der Waals surface area contributed by atoms with E-state index in [0.717, 1.165) is 17.7 Å². The Morgan fingerprint density at radius 1 is 1.25 bits per heavy atom. The van der Waals surface area contributed by atoms with Crippen molar-refractivity contribution >= 4 is 35.3 Å². The summed E-state index contributed by atoms with van der Waals surface area (Å²) in [5.41, 5.74) is -0.552. The van der Waals surface area contributed by atoms with Gasteiger partial charge in [-0.25, -0.2) is 4.79 Å². The van der Waals surface area contributed by atoms with Crippen molar-refractivity contribution < 1.29 is 23.9 Å². The number of ketones is 1. The number of Topliss-reactive ketones (excluding diaryl/α,β-unsaturated/α-hetero) is 1. The minimum Gasteiger partial charge on any atom is -0.453 e. The van der Waals surface area contributed by atoms with Crippen molar-refractivity contribution in [1.29, 1.82) is 0 Å². The lowest BCUT2D eigenvalue weighted by atomic mass is 9.77. The molecule has 1 saturated heterocycles. The van der Waals surface area contributed by atoms with E-state index in [-0.39, 0.29) is 5.78 Å². The number of hydrogen-bond donors (Lipinski definition) is 1. The van der Waals surface area contributed by atoms with Crippen molar-refractivity contribution in [2.45, 2.75) is 51.2 Å². The summed E-state index contributed by atoms with van der Waals surface area (Å²) in [7, 11) is 0. The lowest BCUT2D eigenvalue weighted by Gasteiger charge is -2.33. The highest BCUT2D eigenvalue weighted by Crippen LogP contribution is 2.36. The van der Waals surface area contributed by atoms with Gasteiger partial charge >= 0.3 is 12.0 Å². The fourth-order valence-electron chi connectivity index (χ4n) is 3.68. The van der Waals surface area contributed by atoms with Crippen molar-refractivity contribution in [3.63, 3.8) is 0 Å². The van der Waals surface area contributed by atoms with Crippen molar-refractivity contribution in [2.24, 2.45) is 5.92 Å². The second-order valence-electron chi connectivity index (χ2n) is 7.59. The van der Waals surface area contributed by atoms with Crippen LogP contribution >= 0.6 is 11.6 Å². The maximum absolute atomic E-state index is 12.8. The summed E-state index contributed by atoms with van der Waals surface area (Å²) < 4.78 is 5.15. The standard InChI is InChI=1S/C20H23ClN2O5/c1-12-7-9-20(10-8-12)18(26)23(19(27)22-20)11-16(24)28-13(2)17(25)14-3-5-15(21)6-4-14/h3-6,12-13H,7-11H2,1-2H3,(H,22,27). The molecule has 0 aromatic heterocycles. The third-order valence-corrected chi connectivity index (χ3v) is 5.72. The number of carbonyl (C=O) groups is 4. The molecule has 1 atom stereocenters. The van der Waals surface area contributed by atoms with E-state index in [2.05, 4.69) is 12.2 Å². The lowest BCUT2D eigenvalue weighted by Crippen LogP contribution is -2.49. The van der Waals surface area contributed by atoms with Gasteiger partial charge in [0.2, 0.25) is 5.78 Å². The third-order valence-electron chi connectivity index (χ3n) is 5.47. The van der Waals surface area contributed by atoms with Crippen LogP contribution in [0.2, 0.25) is 5.02 Å². The zero-order valence-corrected chi connectivity index (χ0v) is 16.6. The van der Waals surface area contributed by atoms with E-state index in [9.17, 15) is 19.2 Å². The van der Waals surface area contributed by atoms with Gasteiger partial charge in [-0.15, -0.1) is 0 Å². The summed E-state index contributed by atoms with van der Waals surface area (Å²) in [6.07, 6.45) is 1.78. The van der Waals surface area contributed by atoms with Crippen LogP contribution in [0, 0.1) is 5.92 Å². The molecule has 0 bridgehead atoms. The molecule has 28 heavy (non-hydrogen) atoms. The Morgan fingerprint density at radius 2 is 1.86 bits per heavy atom. The molecule has 150 valence electrons. The number of benzene rings is 1. The Kier molecular flexibility index (Phi) is 5.74. The summed E-state index contributed by atoms with van der Waals surface area (Å²) in [5.74, 6) is -1.08. The minimum atomic E-state index is -1.04. The Balaban J connectivity index is 1.59. The minimum absolute atomic E-state index is 0.356. The van der Waals surface area contributed by atoms with Gasteiger partial charge in [0.25, 0.3) is 5.91 Å². The van der Waals surface area contributed by atoms with Crippen LogP contribution in [0.4, 0.5) is 4.79 Å². The zero-order valence-electron chi connectivity index (χ0n) is 15.9. The van der Waals surface area contributed by atoms with Crippen LogP contribution in [0.1, 0.15) is 49.9 Å². The van der Waals surface area contributed by atoms with Gasteiger partial charge in [0.05, 0.1) is 0 Å². The third kappa shape index (κ3) is 4.04. The zero-order chi connectivity index (χ0) is 20.5. The molecule has 1 aliphatic heterocycles. The number of hydrogen-bond acceptors (Lipinski definition) is 5. The van der Waals surface area contributed by atoms with Crippen molar-refractivity contribution in [2.75, 3.05) is 6.54 Å². The van der Waals surface area contributed by atoms with Gasteiger partial charge in [0.1, 0.15) is 12.1 Å². The van der Waals surface area contributed by atoms with Crippen LogP contribution in [0.3, 0.4) is 0 Å². The predicted octanol–water partition coefficient (Wildman–Crippen LogP) is 2.96. The molecular formula is C20H23ClN2O5. The summed E-state index contributed by atoms with van der Waals surface area (Å²) in [5, 5.41) is 3.24. The maximum atomic E-state index is 12.8. The molecule has 7 nitrogen and oxygen atoms in total. The topological polar surface area (TPSA) is 92.8 Å². The highest BCUT2D eigenvalue weighted by atomic mass is 35.5. The first-order chi connectivity index (χ1) is 13.2. The van der Waals surface area contributed by atoms with Gasteiger partial charge in [-0.2, -0.15) is 0 Å². The number of halogens is 1. The molecule has 1 spiro atoms. The van der Waals surface area contributed by atoms with E-state index >= 15 is 0 Å². The number of rotatable bonds is 5. The molecule has 1 heterocycles. The molecule has 8 heteroatoms. The first-order valence-electron chi connectivity index (χ1n) is 9.35. The number of nitrogens with one attached hydrogen (secondary N) is 1. The monoisotopic (exact) mass is 406 g/mol. The van der Waals surface area contributed by atoms with E-state index < -0.39 is 36.1 Å². The summed E-state index contributed by atoms with van der Waals surface area (Å²) in [6, 6.07) is 5.64. The van der Waals surface area contributed by atoms with Gasteiger partial charge in [0, 0.05) is 10.6 Å². The molecule has 1 aromatic carbocycles. The highest BCUT2D eigenvalue weighted by molar-refractivity contribution is 6.30. The number of imide groups is 1. The highest BCUT2D eigenvalue weighted by Gasteiger charge is 2.52. The predicted molar refractivity (Wildman–Crippen MR) is 102 cm³/mol. The largest absolute Gasteiger partial charge is 0.453 e. The first-order valence-corrected chi connectivity index (χ1v) is 9.73. The number of nitrogens with zero attached hydrogens (tertiary/aromatic N) is 1. The van der Waals surface area contributed by atoms with E-state index in [1.807, 2.05) is 0 Å². The molecule has 1 unspecified atom stereocenters. The molecule has 1 aliphatic carbocycles. The molecule has 1 N–H and O–H groups in total. The van der Waals surface area contributed by atoms with E-state index in [1.54, 1.807) is 24.3 Å². The Bertz CT molecular complexity index is 799. The van der Waals surface area contributed by atoms with Crippen LogP contribution in [0.5, 0.6) is 0 Å². The number of urea groups is 1. The normalized spacial score (nSPS) is 25.5. The number of carbonyl (C=O) groups excluding carboxylic acids is 4. The van der Waals surface area contributed by atoms with E-state index in [1.165, 1.54) is 6.92 Å². The van der Waals surface area contributed by atoms with Crippen LogP contribution in [0.25, 0.3) is 0 Å². The van der Waals surface area contributed by atoms with E-state index in [0.29, 0.717) is 29.3 Å². The summed E-state index contributed by atoms with van der Waals surface area (Å²) in [6.45, 7) is 3.05. The number of amides is 3. The fraction of sp³-hybridized carbons (Fsp3) is 0.500. The Labute approximate surface area is 168 Å². The van der Waals surface area contributed by atoms with Crippen molar-refractivity contribution in [3.05, 3.63) is 34.9 Å². The molecule has 2 aliphatic rings. The lowest BCUT2D eigenvalue weighted by molar-refractivity contribution is -0.150. The first kappa shape index (κ1) is 20.3. The molecule has 1 aromatic rings. The van der Waals surface area contributed by atoms with Crippen molar-refractivity contribution in [3.8, 4) is 0 Å². The van der Waals surface area contributed by atoms with Gasteiger partial charge in [-0.3, -0.25) is 19.3 Å². The smallest absolute Gasteiger partial charge is 0.326 e. The van der Waals surface area contributed by atoms with Crippen LogP contribution < -0.4 is 5.32 Å². The van der Waals surface area contributed by atoms with Crippen LogP contribution in [-0.2, 0) is 14.3 Å². The van der Waals surface area contributed by atoms with E-state index in [4.69, 9.17) is 16.3 Å². The average molecular weight is 407 g/mol. The van der Waals surface area contributed by atoms with Gasteiger partial charge in [-0.1, -0.05) is 18.5 Å². The van der Waals surface area contributed by atoms with Crippen molar-refractivity contribution in [1.82, 2.24) is 10.2 Å². The Morgan fingerprint density at radius 3 is 2.46 bits per heavy atom.